The second kappa shape index (κ2) is 51.2. The van der Waals surface area contributed by atoms with Gasteiger partial charge in [0.1, 0.15) is 57.8 Å². The average Bonchev–Trinajstić information content (AvgIpc) is 3.87. The minimum Gasteiger partial charge on any atom is -0.480 e. The molecular formula is C75H95N7O19. The lowest BCUT2D eigenvalue weighted by Gasteiger charge is -2.21. The Morgan fingerprint density at radius 1 is 0.347 bits per heavy atom. The van der Waals surface area contributed by atoms with Crippen LogP contribution in [0, 0.1) is 5.92 Å². The topological polar surface area (TPSA) is 363 Å². The fourth-order valence-corrected chi connectivity index (χ4v) is 9.25. The molecule has 4 atom stereocenters. The predicted molar refractivity (Wildman–Crippen MR) is 373 cm³/mol. The second-order valence-corrected chi connectivity index (χ2v) is 22.8. The van der Waals surface area contributed by atoms with Gasteiger partial charge in [0.15, 0.2) is 0 Å². The van der Waals surface area contributed by atoms with Gasteiger partial charge in [-0.15, -0.1) is 0 Å². The maximum Gasteiger partial charge on any atom is 0.408 e. The van der Waals surface area contributed by atoms with Gasteiger partial charge in [0.2, 0.25) is 5.91 Å². The summed E-state index contributed by atoms with van der Waals surface area (Å²) in [6.07, 6.45) is 2.85. The summed E-state index contributed by atoms with van der Waals surface area (Å²) in [6, 6.07) is 53.1. The van der Waals surface area contributed by atoms with E-state index in [0.29, 0.717) is 77.5 Å². The number of carboxylic acid groups (broad SMARTS) is 1. The van der Waals surface area contributed by atoms with Crippen molar-refractivity contribution < 1.29 is 90.9 Å². The molecule has 0 aliphatic carbocycles. The van der Waals surface area contributed by atoms with E-state index in [-0.39, 0.29) is 58.9 Å². The third-order valence-corrected chi connectivity index (χ3v) is 14.8. The Bertz CT molecular complexity index is 3340. The van der Waals surface area contributed by atoms with E-state index in [1.165, 1.54) is 14.2 Å². The summed E-state index contributed by atoms with van der Waals surface area (Å²) >= 11 is 0. The van der Waals surface area contributed by atoms with Crippen molar-refractivity contribution in [3.8, 4) is 0 Å². The largest absolute Gasteiger partial charge is 0.480 e. The Balaban J connectivity index is 0.000000357. The third kappa shape index (κ3) is 39.2. The van der Waals surface area contributed by atoms with Crippen LogP contribution >= 0.6 is 0 Å². The van der Waals surface area contributed by atoms with Crippen molar-refractivity contribution in [1.82, 2.24) is 31.9 Å². The van der Waals surface area contributed by atoms with Crippen LogP contribution in [0.25, 0.3) is 0 Å². The minimum atomic E-state index is -1.14. The van der Waals surface area contributed by atoms with E-state index < -0.39 is 84.3 Å². The molecule has 544 valence electrons. The van der Waals surface area contributed by atoms with Crippen LogP contribution in [0.4, 0.5) is 24.0 Å². The van der Waals surface area contributed by atoms with Gasteiger partial charge < -0.3 is 80.6 Å². The molecule has 6 aromatic rings. The normalized spacial score (nSPS) is 11.5. The lowest BCUT2D eigenvalue weighted by atomic mass is 9.96. The van der Waals surface area contributed by atoms with Crippen LogP contribution in [0.3, 0.4) is 0 Å². The number of alkyl carbamates (subject to hydrolysis) is 5. The molecule has 0 saturated heterocycles. The predicted octanol–water partition coefficient (Wildman–Crippen LogP) is 10.6. The van der Waals surface area contributed by atoms with Crippen LogP contribution in [0.2, 0.25) is 0 Å². The van der Waals surface area contributed by atoms with Gasteiger partial charge in [-0.05, 0) is 104 Å². The van der Waals surface area contributed by atoms with Crippen LogP contribution in [0.1, 0.15) is 117 Å². The van der Waals surface area contributed by atoms with Crippen molar-refractivity contribution in [3.05, 3.63) is 215 Å². The summed E-state index contributed by atoms with van der Waals surface area (Å²) in [4.78, 5) is 120. The smallest absolute Gasteiger partial charge is 0.408 e. The molecule has 0 radical (unpaired) electrons. The number of hydrogen-bond acceptors (Lipinski definition) is 19. The third-order valence-electron chi connectivity index (χ3n) is 14.8. The Morgan fingerprint density at radius 3 is 0.950 bits per heavy atom. The molecule has 26 nitrogen and oxygen atoms in total. The Hall–Kier alpha value is -11.0. The van der Waals surface area contributed by atoms with E-state index in [9.17, 15) is 53.1 Å². The SMILES string of the molecule is COC(=O)[C@@H](N)CCCCNC(=O)OCc1ccccc1.COC(=O)[C@H](CCCCNC(=O)OCc1ccccc1)NC(=O)[C@H](CCCCNC(=O)OCc1ccccc1)CC(=O)OCc1ccccc1.O=C(NCCCC[C@H](NC(=O)OCc1ccccc1)C(=O)O)OCc1ccccc1. The zero-order valence-corrected chi connectivity index (χ0v) is 57.3. The first-order chi connectivity index (χ1) is 49.0. The zero-order valence-electron chi connectivity index (χ0n) is 57.3. The second-order valence-electron chi connectivity index (χ2n) is 22.8. The molecule has 6 aromatic carbocycles. The molecule has 0 aromatic heterocycles. The van der Waals surface area contributed by atoms with Gasteiger partial charge in [0.25, 0.3) is 0 Å². The number of carboxylic acids is 1. The molecule has 26 heteroatoms. The minimum absolute atomic E-state index is 0.0635. The molecule has 0 saturated carbocycles. The highest BCUT2D eigenvalue weighted by molar-refractivity contribution is 5.88. The number of unbranched alkanes of at least 4 members (excludes halogenated alkanes) is 4. The van der Waals surface area contributed by atoms with E-state index in [2.05, 4.69) is 36.6 Å². The lowest BCUT2D eigenvalue weighted by molar-refractivity contribution is -0.149. The standard InChI is InChI=1S/C38H47N3O9.C22H26N2O6.C15H22N2O4/c1-47-36(44)33(22-12-14-24-40-38(46)50-28-31-19-9-4-10-20-31)41-35(43)32(25-34(42)48-26-29-15-5-2-6-16-29)21-11-13-23-39-37(45)49-27-30-17-7-3-8-18-30;25-20(26)19(24-22(28)30-16-18-11-5-2-6-12-18)13-7-8-14-23-21(27)29-15-17-9-3-1-4-10-17;1-20-14(18)13(16)9-5-6-10-17-15(19)21-11-12-7-3-2-4-8-12/h2-10,15-20,32-33H,11-14,21-28H2,1H3,(H,39,45)(H,40,46)(H,41,43);1-6,9-12,19H,7-8,13-16H2,(H,23,27)(H,24,28)(H,25,26);2-4,7-8,13H,5-6,9-11,16H2,1H3,(H,17,19)/t32-,33+;19-;13-/m100/s1. The van der Waals surface area contributed by atoms with Gasteiger partial charge in [-0.25, -0.2) is 33.6 Å². The number of carbonyl (C=O) groups is 10. The average molecular weight is 1400 g/mol. The fraction of sp³-hybridized carbons (Fsp3) is 0.387. The van der Waals surface area contributed by atoms with E-state index in [0.717, 1.165) is 46.2 Å². The number of carbonyl (C=O) groups excluding carboxylic acids is 9. The molecular weight excluding hydrogens is 1300 g/mol. The number of aliphatic carboxylic acids is 1. The van der Waals surface area contributed by atoms with Gasteiger partial charge in [-0.1, -0.05) is 188 Å². The summed E-state index contributed by atoms with van der Waals surface area (Å²) in [5.74, 6) is -3.97. The van der Waals surface area contributed by atoms with Crippen LogP contribution in [0.5, 0.6) is 0 Å². The fourth-order valence-electron chi connectivity index (χ4n) is 9.25. The molecule has 9 N–H and O–H groups in total. The number of methoxy groups -OCH3 is 2. The number of hydrogen-bond donors (Lipinski definition) is 8. The molecule has 101 heavy (non-hydrogen) atoms. The van der Waals surface area contributed by atoms with Gasteiger partial charge in [0.05, 0.1) is 20.6 Å². The number of amides is 6. The zero-order chi connectivity index (χ0) is 72.9. The lowest BCUT2D eigenvalue weighted by Crippen LogP contribution is -2.44. The number of esters is 3. The quantitative estimate of drug-likeness (QED) is 0.0101. The Morgan fingerprint density at radius 2 is 0.634 bits per heavy atom. The summed E-state index contributed by atoms with van der Waals surface area (Å²) in [5, 5.41) is 25.0. The number of nitrogens with one attached hydrogen (secondary N) is 6. The maximum atomic E-state index is 13.5. The summed E-state index contributed by atoms with van der Waals surface area (Å²) in [7, 11) is 2.55. The van der Waals surface area contributed by atoms with Crippen molar-refractivity contribution in [3.63, 3.8) is 0 Å². The Labute approximate surface area is 589 Å². The highest BCUT2D eigenvalue weighted by Gasteiger charge is 2.28. The van der Waals surface area contributed by atoms with Crippen LogP contribution < -0.4 is 37.6 Å². The van der Waals surface area contributed by atoms with Crippen LogP contribution in [0.15, 0.2) is 182 Å². The van der Waals surface area contributed by atoms with E-state index in [1.54, 1.807) is 12.1 Å². The molecule has 6 rings (SSSR count). The summed E-state index contributed by atoms with van der Waals surface area (Å²) < 4.78 is 40.5. The van der Waals surface area contributed by atoms with Gasteiger partial charge in [-0.3, -0.25) is 14.4 Å². The van der Waals surface area contributed by atoms with Crippen molar-refractivity contribution in [2.45, 2.75) is 141 Å². The van der Waals surface area contributed by atoms with Gasteiger partial charge in [0, 0.05) is 32.1 Å². The molecule has 0 unspecified atom stereocenters. The maximum absolute atomic E-state index is 13.5. The van der Waals surface area contributed by atoms with E-state index >= 15 is 0 Å². The highest BCUT2D eigenvalue weighted by atomic mass is 16.6. The highest BCUT2D eigenvalue weighted by Crippen LogP contribution is 2.18. The van der Waals surface area contributed by atoms with E-state index in [1.807, 2.05) is 170 Å². The first-order valence-corrected chi connectivity index (χ1v) is 33.4. The van der Waals surface area contributed by atoms with Crippen LogP contribution in [-0.2, 0) is 102 Å². The molecule has 0 heterocycles. The summed E-state index contributed by atoms with van der Waals surface area (Å²) in [5.41, 5.74) is 10.8. The number of rotatable bonds is 40. The van der Waals surface area contributed by atoms with Gasteiger partial charge >= 0.3 is 54.3 Å². The first-order valence-electron chi connectivity index (χ1n) is 33.4. The van der Waals surface area contributed by atoms with Gasteiger partial charge in [-0.2, -0.15) is 0 Å². The molecule has 0 spiro atoms. The molecule has 6 amide bonds. The number of ether oxygens (including phenoxy) is 8. The Kier molecular flexibility index (Phi) is 41.8. The van der Waals surface area contributed by atoms with E-state index in [4.69, 9.17) is 38.9 Å². The summed E-state index contributed by atoms with van der Waals surface area (Å²) in [6.45, 7) is 2.34. The van der Waals surface area contributed by atoms with Crippen molar-refractivity contribution >= 4 is 60.3 Å². The molecule has 0 aliphatic rings. The molecule has 0 fully saturated rings. The van der Waals surface area contributed by atoms with Crippen molar-refractivity contribution in [2.75, 3.05) is 40.4 Å². The molecule has 0 aliphatic heterocycles. The van der Waals surface area contributed by atoms with Crippen molar-refractivity contribution in [2.24, 2.45) is 11.7 Å². The first kappa shape index (κ1) is 82.4. The number of nitrogens with two attached hydrogens (primary N) is 1. The van der Waals surface area contributed by atoms with Crippen LogP contribution in [-0.4, -0.2) is 124 Å². The monoisotopic (exact) mass is 1400 g/mol. The number of benzene rings is 6. The van der Waals surface area contributed by atoms with Crippen molar-refractivity contribution in [1.29, 1.82) is 0 Å². The molecule has 0 bridgehead atoms.